The fourth-order valence-electron chi connectivity index (χ4n) is 3.47. The maximum absolute atomic E-state index is 13.3. The van der Waals surface area contributed by atoms with E-state index in [-0.39, 0.29) is 36.2 Å². The van der Waals surface area contributed by atoms with Crippen molar-refractivity contribution in [3.63, 3.8) is 0 Å². The Labute approximate surface area is 205 Å². The van der Waals surface area contributed by atoms with Crippen LogP contribution in [0.3, 0.4) is 0 Å². The topological polar surface area (TPSA) is 120 Å². The Kier molecular flexibility index (Phi) is 9.44. The van der Waals surface area contributed by atoms with Gasteiger partial charge in [-0.2, -0.15) is 0 Å². The fraction of sp³-hybridized carbons (Fsp3) is 0.440. The van der Waals surface area contributed by atoms with Crippen LogP contribution in [0.15, 0.2) is 42.5 Å². The summed E-state index contributed by atoms with van der Waals surface area (Å²) in [5, 5.41) is 14.1. The molecule has 0 aliphatic rings. The molecule has 2 aromatic carbocycles. The van der Waals surface area contributed by atoms with E-state index < -0.39 is 22.4 Å². The number of rotatable bonds is 11. The van der Waals surface area contributed by atoms with E-state index >= 15 is 0 Å². The number of methoxy groups -OCH3 is 2. The highest BCUT2D eigenvalue weighted by Crippen LogP contribution is 2.30. The molecule has 35 heavy (non-hydrogen) atoms. The average Bonchev–Trinajstić information content (AvgIpc) is 2.81. The van der Waals surface area contributed by atoms with Crippen molar-refractivity contribution in [3.05, 3.63) is 58.1 Å². The van der Waals surface area contributed by atoms with E-state index in [1.165, 1.54) is 30.2 Å². The summed E-state index contributed by atoms with van der Waals surface area (Å²) in [6.45, 7) is 7.24. The molecular weight excluding hydrogens is 454 g/mol. The molecule has 10 nitrogen and oxygen atoms in total. The van der Waals surface area contributed by atoms with Crippen molar-refractivity contribution >= 4 is 17.5 Å². The average molecular weight is 488 g/mol. The van der Waals surface area contributed by atoms with Crippen LogP contribution in [0.4, 0.5) is 5.69 Å². The molecule has 0 saturated carbocycles. The molecule has 0 radical (unpaired) electrons. The standard InChI is InChI=1S/C25H33N3O7/c1-7-20(24(30)26-25(2,3)4)27(15-17-9-8-10-18(13-17)33-5)23(29)16-35-19-11-12-21(28(31)32)22(14-19)34-6/h8-14,20H,7,15-16H2,1-6H3,(H,26,30)/t20-/m0/s1. The van der Waals surface area contributed by atoms with Gasteiger partial charge in [0, 0.05) is 24.2 Å². The minimum Gasteiger partial charge on any atom is -0.497 e. The van der Waals surface area contributed by atoms with Gasteiger partial charge in [-0.3, -0.25) is 19.7 Å². The first-order valence-corrected chi connectivity index (χ1v) is 11.2. The lowest BCUT2D eigenvalue weighted by Gasteiger charge is -2.33. The summed E-state index contributed by atoms with van der Waals surface area (Å²) in [5.74, 6) is 0.198. The monoisotopic (exact) mass is 487 g/mol. The lowest BCUT2D eigenvalue weighted by molar-refractivity contribution is -0.385. The Morgan fingerprint density at radius 2 is 1.80 bits per heavy atom. The molecule has 2 amide bonds. The molecule has 2 rings (SSSR count). The van der Waals surface area contributed by atoms with Crippen LogP contribution in [0.5, 0.6) is 17.2 Å². The number of carbonyl (C=O) groups is 2. The van der Waals surface area contributed by atoms with Crippen LogP contribution >= 0.6 is 0 Å². The number of nitro groups is 1. The molecule has 2 aromatic rings. The smallest absolute Gasteiger partial charge is 0.311 e. The fourth-order valence-corrected chi connectivity index (χ4v) is 3.47. The summed E-state index contributed by atoms with van der Waals surface area (Å²) < 4.78 is 16.0. The van der Waals surface area contributed by atoms with Gasteiger partial charge >= 0.3 is 5.69 Å². The Morgan fingerprint density at radius 1 is 1.09 bits per heavy atom. The zero-order chi connectivity index (χ0) is 26.2. The third kappa shape index (κ3) is 7.87. The van der Waals surface area contributed by atoms with Crippen LogP contribution in [0, 0.1) is 10.1 Å². The van der Waals surface area contributed by atoms with Crippen molar-refractivity contribution in [1.29, 1.82) is 0 Å². The van der Waals surface area contributed by atoms with Crippen LogP contribution in [0.25, 0.3) is 0 Å². The normalized spacial score (nSPS) is 11.8. The van der Waals surface area contributed by atoms with Crippen LogP contribution in [-0.4, -0.2) is 54.0 Å². The zero-order valence-electron chi connectivity index (χ0n) is 21.0. The van der Waals surface area contributed by atoms with Crippen molar-refractivity contribution in [2.24, 2.45) is 0 Å². The number of nitrogens with zero attached hydrogens (tertiary/aromatic N) is 2. The zero-order valence-corrected chi connectivity index (χ0v) is 21.0. The van der Waals surface area contributed by atoms with Gasteiger partial charge in [-0.25, -0.2) is 0 Å². The molecule has 0 aromatic heterocycles. The third-order valence-electron chi connectivity index (χ3n) is 5.08. The first-order chi connectivity index (χ1) is 16.5. The molecule has 0 aliphatic heterocycles. The number of hydrogen-bond donors (Lipinski definition) is 1. The van der Waals surface area contributed by atoms with Gasteiger partial charge < -0.3 is 24.4 Å². The quantitative estimate of drug-likeness (QED) is 0.379. The molecule has 1 N–H and O–H groups in total. The molecule has 0 heterocycles. The predicted molar refractivity (Wildman–Crippen MR) is 131 cm³/mol. The van der Waals surface area contributed by atoms with Crippen LogP contribution in [-0.2, 0) is 16.1 Å². The number of benzene rings is 2. The summed E-state index contributed by atoms with van der Waals surface area (Å²) in [6, 6.07) is 10.5. The highest BCUT2D eigenvalue weighted by Gasteiger charge is 2.31. The van der Waals surface area contributed by atoms with Crippen molar-refractivity contribution in [1.82, 2.24) is 10.2 Å². The summed E-state index contributed by atoms with van der Waals surface area (Å²) in [4.78, 5) is 38.4. The molecule has 0 saturated heterocycles. The van der Waals surface area contributed by atoms with E-state index in [1.54, 1.807) is 19.2 Å². The van der Waals surface area contributed by atoms with Crippen molar-refractivity contribution in [2.45, 2.75) is 52.2 Å². The van der Waals surface area contributed by atoms with Crippen molar-refractivity contribution in [3.8, 4) is 17.2 Å². The van der Waals surface area contributed by atoms with Gasteiger partial charge in [0.2, 0.25) is 11.7 Å². The van der Waals surface area contributed by atoms with Gasteiger partial charge in [0.1, 0.15) is 17.5 Å². The molecule has 0 unspecified atom stereocenters. The number of ether oxygens (including phenoxy) is 3. The molecule has 10 heteroatoms. The number of nitrogens with one attached hydrogen (secondary N) is 1. The van der Waals surface area contributed by atoms with Crippen LogP contribution in [0.2, 0.25) is 0 Å². The maximum atomic E-state index is 13.3. The maximum Gasteiger partial charge on any atom is 0.311 e. The summed E-state index contributed by atoms with van der Waals surface area (Å²) in [5.41, 5.74) is 0.105. The predicted octanol–water partition coefficient (Wildman–Crippen LogP) is 3.71. The van der Waals surface area contributed by atoms with Crippen molar-refractivity contribution < 1.29 is 28.7 Å². The summed E-state index contributed by atoms with van der Waals surface area (Å²) in [6.07, 6.45) is 0.392. The van der Waals surface area contributed by atoms with E-state index in [4.69, 9.17) is 14.2 Å². The number of carbonyl (C=O) groups excluding carboxylic acids is 2. The second-order valence-electron chi connectivity index (χ2n) is 8.92. The first kappa shape index (κ1) is 27.4. The SMILES string of the molecule is CC[C@@H](C(=O)NC(C)(C)C)N(Cc1cccc(OC)c1)C(=O)COc1ccc([N+](=O)[O-])c(OC)c1. The van der Waals surface area contributed by atoms with E-state index in [2.05, 4.69) is 5.32 Å². The summed E-state index contributed by atoms with van der Waals surface area (Å²) >= 11 is 0. The molecule has 0 aliphatic carbocycles. The van der Waals surface area contributed by atoms with Gasteiger partial charge in [-0.05, 0) is 51.0 Å². The van der Waals surface area contributed by atoms with Gasteiger partial charge in [0.25, 0.3) is 5.91 Å². The van der Waals surface area contributed by atoms with E-state index in [0.29, 0.717) is 12.2 Å². The molecule has 1 atom stereocenters. The van der Waals surface area contributed by atoms with E-state index in [9.17, 15) is 19.7 Å². The third-order valence-corrected chi connectivity index (χ3v) is 5.08. The molecule has 190 valence electrons. The highest BCUT2D eigenvalue weighted by atomic mass is 16.6. The van der Waals surface area contributed by atoms with Crippen LogP contribution < -0.4 is 19.5 Å². The van der Waals surface area contributed by atoms with E-state index in [0.717, 1.165) is 5.56 Å². The molecule has 0 fully saturated rings. The number of hydrogen-bond acceptors (Lipinski definition) is 7. The Hall–Kier alpha value is -3.82. The van der Waals surface area contributed by atoms with E-state index in [1.807, 2.05) is 39.8 Å². The second-order valence-corrected chi connectivity index (χ2v) is 8.92. The van der Waals surface area contributed by atoms with Gasteiger partial charge in [-0.1, -0.05) is 19.1 Å². The minimum atomic E-state index is -0.733. The highest BCUT2D eigenvalue weighted by molar-refractivity contribution is 5.88. The van der Waals surface area contributed by atoms with Gasteiger partial charge in [0.15, 0.2) is 6.61 Å². The largest absolute Gasteiger partial charge is 0.497 e. The Bertz CT molecular complexity index is 1050. The summed E-state index contributed by atoms with van der Waals surface area (Å²) in [7, 11) is 2.87. The molecule has 0 spiro atoms. The van der Waals surface area contributed by atoms with Crippen molar-refractivity contribution in [2.75, 3.05) is 20.8 Å². The Balaban J connectivity index is 2.29. The lowest BCUT2D eigenvalue weighted by atomic mass is 10.1. The lowest BCUT2D eigenvalue weighted by Crippen LogP contribution is -2.54. The second kappa shape index (κ2) is 12.0. The van der Waals surface area contributed by atoms with Gasteiger partial charge in [0.05, 0.1) is 19.1 Å². The number of nitro benzene ring substituents is 1. The first-order valence-electron chi connectivity index (χ1n) is 11.2. The van der Waals surface area contributed by atoms with Gasteiger partial charge in [-0.15, -0.1) is 0 Å². The Morgan fingerprint density at radius 3 is 2.37 bits per heavy atom. The van der Waals surface area contributed by atoms with Crippen LogP contribution in [0.1, 0.15) is 39.7 Å². The number of amides is 2. The molecular formula is C25H33N3O7. The minimum absolute atomic E-state index is 0.0178. The molecule has 0 bridgehead atoms.